The fourth-order valence-electron chi connectivity index (χ4n) is 6.51. The summed E-state index contributed by atoms with van der Waals surface area (Å²) in [6, 6.07) is 6.84. The summed E-state index contributed by atoms with van der Waals surface area (Å²) in [4.78, 5) is 39.4. The molecule has 4 saturated carbocycles. The van der Waals surface area contributed by atoms with Crippen molar-refractivity contribution >= 4 is 52.2 Å². The van der Waals surface area contributed by atoms with Crippen molar-refractivity contribution < 1.29 is 19.1 Å². The van der Waals surface area contributed by atoms with Crippen LogP contribution >= 0.6 is 24.0 Å². The summed E-state index contributed by atoms with van der Waals surface area (Å²) >= 11 is 6.66. The highest BCUT2D eigenvalue weighted by atomic mass is 32.2. The second kappa shape index (κ2) is 8.87. The van der Waals surface area contributed by atoms with E-state index in [0.717, 1.165) is 42.6 Å². The third kappa shape index (κ3) is 4.60. The maximum absolute atomic E-state index is 12.9. The number of methoxy groups -OCH3 is 1. The Morgan fingerprint density at radius 2 is 1.76 bits per heavy atom. The molecule has 8 heteroatoms. The van der Waals surface area contributed by atoms with Crippen LogP contribution in [0.2, 0.25) is 0 Å². The van der Waals surface area contributed by atoms with Crippen molar-refractivity contribution in [1.29, 1.82) is 0 Å². The van der Waals surface area contributed by atoms with Gasteiger partial charge >= 0.3 is 5.97 Å². The number of thiocarbonyl (C=S) groups is 1. The Morgan fingerprint density at radius 1 is 1.15 bits per heavy atom. The van der Waals surface area contributed by atoms with Crippen LogP contribution in [-0.2, 0) is 14.3 Å². The van der Waals surface area contributed by atoms with Crippen LogP contribution < -0.4 is 5.32 Å². The quantitative estimate of drug-likeness (QED) is 0.371. The van der Waals surface area contributed by atoms with Gasteiger partial charge in [0.2, 0.25) is 5.91 Å². The molecule has 1 aromatic carbocycles. The maximum atomic E-state index is 12.9. The average molecular weight is 485 g/mol. The van der Waals surface area contributed by atoms with E-state index in [4.69, 9.17) is 17.0 Å². The third-order valence-electron chi connectivity index (χ3n) is 7.51. The van der Waals surface area contributed by atoms with E-state index in [1.54, 1.807) is 30.3 Å². The predicted octanol–water partition coefficient (Wildman–Crippen LogP) is 4.15. The maximum Gasteiger partial charge on any atom is 0.337 e. The van der Waals surface area contributed by atoms with Crippen LogP contribution in [0.3, 0.4) is 0 Å². The summed E-state index contributed by atoms with van der Waals surface area (Å²) in [5.41, 5.74) is 1.23. The molecule has 0 unspecified atom stereocenters. The van der Waals surface area contributed by atoms with E-state index in [0.29, 0.717) is 21.3 Å². The van der Waals surface area contributed by atoms with Gasteiger partial charge in [0.1, 0.15) is 4.32 Å². The molecule has 5 fully saturated rings. The first-order valence-electron chi connectivity index (χ1n) is 11.6. The highest BCUT2D eigenvalue weighted by molar-refractivity contribution is 8.26. The van der Waals surface area contributed by atoms with E-state index in [2.05, 4.69) is 5.32 Å². The van der Waals surface area contributed by atoms with Gasteiger partial charge in [-0.15, -0.1) is 0 Å². The van der Waals surface area contributed by atoms with E-state index in [-0.39, 0.29) is 23.8 Å². The molecule has 1 N–H and O–H groups in total. The minimum Gasteiger partial charge on any atom is -0.465 e. The minimum atomic E-state index is -0.403. The predicted molar refractivity (Wildman–Crippen MR) is 131 cm³/mol. The zero-order valence-electron chi connectivity index (χ0n) is 18.7. The lowest BCUT2D eigenvalue weighted by Gasteiger charge is -2.57. The lowest BCUT2D eigenvalue weighted by molar-refractivity contribution is -0.127. The minimum absolute atomic E-state index is 0.0163. The molecule has 4 bridgehead atoms. The summed E-state index contributed by atoms with van der Waals surface area (Å²) < 4.78 is 5.18. The summed E-state index contributed by atoms with van der Waals surface area (Å²) in [5.74, 6) is 1.76. The molecule has 6 rings (SSSR count). The number of hydrogen-bond donors (Lipinski definition) is 1. The monoisotopic (exact) mass is 484 g/mol. The molecule has 1 aromatic rings. The molecule has 174 valence electrons. The SMILES string of the molecule is COC(=O)c1ccc(C=C2SC(=S)N(CCC(=O)NC34CC5CC(CC(C5)C3)C4)C2=O)cc1. The zero-order chi connectivity index (χ0) is 23.2. The normalized spacial score (nSPS) is 31.4. The van der Waals surface area contributed by atoms with Crippen LogP contribution in [0.1, 0.15) is 60.9 Å². The Morgan fingerprint density at radius 3 is 2.33 bits per heavy atom. The number of rotatable bonds is 6. The number of esters is 1. The van der Waals surface area contributed by atoms with Crippen LogP contribution in [0.5, 0.6) is 0 Å². The van der Waals surface area contributed by atoms with Crippen molar-refractivity contribution in [2.75, 3.05) is 13.7 Å². The van der Waals surface area contributed by atoms with Gasteiger partial charge in [0, 0.05) is 18.5 Å². The standard InChI is InChI=1S/C25H28N2O4S2/c1-31-23(30)19-4-2-15(3-5-19)11-20-22(29)27(24(32)33-20)7-6-21(28)26-25-12-16-8-17(13-25)10-18(9-16)14-25/h2-5,11,16-18H,6-10,12-14H2,1H3,(H,26,28). The molecular weight excluding hydrogens is 456 g/mol. The molecule has 4 aliphatic carbocycles. The fourth-order valence-corrected chi connectivity index (χ4v) is 7.82. The highest BCUT2D eigenvalue weighted by Crippen LogP contribution is 2.55. The number of thioether (sulfide) groups is 1. The Bertz CT molecular complexity index is 998. The summed E-state index contributed by atoms with van der Waals surface area (Å²) in [6.45, 7) is 0.293. The third-order valence-corrected chi connectivity index (χ3v) is 8.89. The molecule has 5 aliphatic rings. The van der Waals surface area contributed by atoms with Crippen molar-refractivity contribution in [3.05, 3.63) is 40.3 Å². The van der Waals surface area contributed by atoms with Crippen molar-refractivity contribution in [1.82, 2.24) is 10.2 Å². The van der Waals surface area contributed by atoms with Crippen LogP contribution in [0, 0.1) is 17.8 Å². The molecule has 33 heavy (non-hydrogen) atoms. The van der Waals surface area contributed by atoms with Gasteiger partial charge in [-0.25, -0.2) is 4.79 Å². The largest absolute Gasteiger partial charge is 0.465 e. The first kappa shape index (κ1) is 22.6. The van der Waals surface area contributed by atoms with Crippen molar-refractivity contribution in [3.8, 4) is 0 Å². The van der Waals surface area contributed by atoms with Gasteiger partial charge in [-0.2, -0.15) is 0 Å². The van der Waals surface area contributed by atoms with Gasteiger partial charge in [0.25, 0.3) is 5.91 Å². The van der Waals surface area contributed by atoms with E-state index in [1.807, 2.05) is 0 Å². The number of hydrogen-bond acceptors (Lipinski definition) is 6. The first-order chi connectivity index (χ1) is 15.8. The van der Waals surface area contributed by atoms with Crippen molar-refractivity contribution in [2.45, 2.75) is 50.5 Å². The molecule has 1 saturated heterocycles. The summed E-state index contributed by atoms with van der Waals surface area (Å²) in [5, 5.41) is 3.37. The van der Waals surface area contributed by atoms with Crippen molar-refractivity contribution in [2.24, 2.45) is 17.8 Å². The molecule has 0 radical (unpaired) electrons. The van der Waals surface area contributed by atoms with Gasteiger partial charge in [-0.3, -0.25) is 14.5 Å². The van der Waals surface area contributed by atoms with E-state index in [1.165, 1.54) is 43.0 Å². The second-order valence-corrected chi connectivity index (χ2v) is 11.6. The average Bonchev–Trinajstić information content (AvgIpc) is 3.03. The Kier molecular flexibility index (Phi) is 6.07. The van der Waals surface area contributed by atoms with Crippen molar-refractivity contribution in [3.63, 3.8) is 0 Å². The van der Waals surface area contributed by atoms with Crippen LogP contribution in [-0.4, -0.2) is 46.2 Å². The number of nitrogens with one attached hydrogen (secondary N) is 1. The van der Waals surface area contributed by atoms with Crippen LogP contribution in [0.4, 0.5) is 0 Å². The summed E-state index contributed by atoms with van der Waals surface area (Å²) in [7, 11) is 1.34. The highest BCUT2D eigenvalue weighted by Gasteiger charge is 2.51. The van der Waals surface area contributed by atoms with Crippen LogP contribution in [0.15, 0.2) is 29.2 Å². The van der Waals surface area contributed by atoms with E-state index < -0.39 is 5.97 Å². The molecule has 2 amide bonds. The zero-order valence-corrected chi connectivity index (χ0v) is 20.3. The Labute approximate surface area is 203 Å². The smallest absolute Gasteiger partial charge is 0.337 e. The number of nitrogens with zero attached hydrogens (tertiary/aromatic N) is 1. The molecule has 1 heterocycles. The molecule has 1 aliphatic heterocycles. The van der Waals surface area contributed by atoms with E-state index in [9.17, 15) is 14.4 Å². The van der Waals surface area contributed by atoms with E-state index >= 15 is 0 Å². The van der Waals surface area contributed by atoms with Gasteiger partial charge in [-0.05, 0) is 80.1 Å². The number of benzene rings is 1. The lowest BCUT2D eigenvalue weighted by Crippen LogP contribution is -2.60. The molecule has 0 aromatic heterocycles. The summed E-state index contributed by atoms with van der Waals surface area (Å²) in [6.07, 6.45) is 9.37. The molecule has 0 spiro atoms. The first-order valence-corrected chi connectivity index (χ1v) is 12.8. The number of carbonyl (C=O) groups excluding carboxylic acids is 3. The Hall–Kier alpha value is -2.19. The number of carbonyl (C=O) groups is 3. The molecule has 0 atom stereocenters. The van der Waals surface area contributed by atoms with Gasteiger partial charge in [0.15, 0.2) is 0 Å². The van der Waals surface area contributed by atoms with Crippen LogP contribution in [0.25, 0.3) is 6.08 Å². The Balaban J connectivity index is 1.18. The number of amides is 2. The second-order valence-electron chi connectivity index (χ2n) is 9.94. The molecular formula is C25H28N2O4S2. The topological polar surface area (TPSA) is 75.7 Å². The fraction of sp³-hybridized carbons (Fsp3) is 0.520. The van der Waals surface area contributed by atoms with Gasteiger partial charge < -0.3 is 10.1 Å². The molecule has 6 nitrogen and oxygen atoms in total. The van der Waals surface area contributed by atoms with Gasteiger partial charge in [0.05, 0.1) is 17.6 Å². The number of ether oxygens (including phenoxy) is 1. The van der Waals surface area contributed by atoms with Gasteiger partial charge in [-0.1, -0.05) is 36.1 Å². The lowest BCUT2D eigenvalue weighted by atomic mass is 9.53.